The molecule has 0 aliphatic carbocycles. The second-order valence-corrected chi connectivity index (χ2v) is 7.46. The van der Waals surface area contributed by atoms with Crippen molar-refractivity contribution >= 4 is 15.9 Å². The van der Waals surface area contributed by atoms with Gasteiger partial charge in [-0.1, -0.05) is 0 Å². The monoisotopic (exact) mass is 365 g/mol. The van der Waals surface area contributed by atoms with E-state index in [1.54, 1.807) is 0 Å². The molecule has 6 nitrogen and oxygen atoms in total. The predicted molar refractivity (Wildman–Crippen MR) is 81.5 cm³/mol. The summed E-state index contributed by atoms with van der Waals surface area (Å²) in [5.41, 5.74) is -0.559. The number of carbonyl (C=O) groups is 1. The first-order chi connectivity index (χ1) is 11.2. The van der Waals surface area contributed by atoms with Gasteiger partial charge in [0, 0.05) is 39.3 Å². The molecule has 10 heteroatoms. The molecule has 0 saturated carbocycles. The maximum Gasteiger partial charge on any atom is 0.254 e. The zero-order chi connectivity index (χ0) is 17.9. The number of amides is 1. The SMILES string of the molecule is CS(=O)(=O)N1CCN(CCNC(=O)c2ccc(F)c(F)c2F)CC1. The number of halogens is 3. The Hall–Kier alpha value is -1.65. The van der Waals surface area contributed by atoms with Crippen LogP contribution in [0.15, 0.2) is 12.1 Å². The summed E-state index contributed by atoms with van der Waals surface area (Å²) >= 11 is 0. The number of benzene rings is 1. The van der Waals surface area contributed by atoms with Crippen molar-refractivity contribution in [2.75, 3.05) is 45.5 Å². The van der Waals surface area contributed by atoms with Crippen LogP contribution >= 0.6 is 0 Å². The van der Waals surface area contributed by atoms with Crippen LogP contribution < -0.4 is 5.32 Å². The first-order valence-electron chi connectivity index (χ1n) is 7.29. The van der Waals surface area contributed by atoms with Crippen LogP contribution in [0, 0.1) is 17.5 Å². The lowest BCUT2D eigenvalue weighted by Crippen LogP contribution is -2.49. The van der Waals surface area contributed by atoms with Gasteiger partial charge in [-0.2, -0.15) is 4.31 Å². The molecule has 1 aliphatic rings. The van der Waals surface area contributed by atoms with E-state index in [1.807, 2.05) is 4.90 Å². The second kappa shape index (κ2) is 7.49. The Morgan fingerprint density at radius 1 is 1.12 bits per heavy atom. The topological polar surface area (TPSA) is 69.7 Å². The van der Waals surface area contributed by atoms with Crippen LogP contribution in [0.4, 0.5) is 13.2 Å². The molecule has 0 bridgehead atoms. The van der Waals surface area contributed by atoms with Gasteiger partial charge in [-0.3, -0.25) is 9.69 Å². The van der Waals surface area contributed by atoms with Crippen LogP contribution in [-0.4, -0.2) is 69.1 Å². The third kappa shape index (κ3) is 4.46. The van der Waals surface area contributed by atoms with Crippen LogP contribution in [0.1, 0.15) is 10.4 Å². The molecule has 1 amide bonds. The van der Waals surface area contributed by atoms with Crippen molar-refractivity contribution in [1.82, 2.24) is 14.5 Å². The van der Waals surface area contributed by atoms with Gasteiger partial charge < -0.3 is 5.32 Å². The number of carbonyl (C=O) groups excluding carboxylic acids is 1. The highest BCUT2D eigenvalue weighted by molar-refractivity contribution is 7.88. The van der Waals surface area contributed by atoms with Gasteiger partial charge in [-0.05, 0) is 12.1 Å². The average molecular weight is 365 g/mol. The number of nitrogens with zero attached hydrogens (tertiary/aromatic N) is 2. The Bertz CT molecular complexity index is 719. The molecule has 2 rings (SSSR count). The standard InChI is InChI=1S/C14H18F3N3O3S/c1-24(22,23)20-8-6-19(7-9-20)5-4-18-14(21)10-2-3-11(15)13(17)12(10)16/h2-3H,4-9H2,1H3,(H,18,21). The molecule has 24 heavy (non-hydrogen) atoms. The van der Waals surface area contributed by atoms with Gasteiger partial charge >= 0.3 is 0 Å². The second-order valence-electron chi connectivity index (χ2n) is 5.48. The molecule has 1 aromatic carbocycles. The zero-order valence-corrected chi connectivity index (χ0v) is 13.9. The smallest absolute Gasteiger partial charge is 0.254 e. The Kier molecular flexibility index (Phi) is 5.83. The van der Waals surface area contributed by atoms with Gasteiger partial charge in [-0.25, -0.2) is 21.6 Å². The molecule has 1 aliphatic heterocycles. The molecule has 1 heterocycles. The minimum atomic E-state index is -3.20. The lowest BCUT2D eigenvalue weighted by atomic mass is 10.2. The third-order valence-electron chi connectivity index (χ3n) is 3.79. The van der Waals surface area contributed by atoms with Crippen LogP contribution in [0.25, 0.3) is 0 Å². The van der Waals surface area contributed by atoms with Crippen molar-refractivity contribution in [3.8, 4) is 0 Å². The largest absolute Gasteiger partial charge is 0.351 e. The summed E-state index contributed by atoms with van der Waals surface area (Å²) in [5, 5.41) is 2.43. The van der Waals surface area contributed by atoms with Crippen molar-refractivity contribution in [3.05, 3.63) is 35.1 Å². The van der Waals surface area contributed by atoms with E-state index in [4.69, 9.17) is 0 Å². The average Bonchev–Trinajstić information content (AvgIpc) is 2.52. The summed E-state index contributed by atoms with van der Waals surface area (Å²) in [6.45, 7) is 2.38. The molecule has 0 unspecified atom stereocenters. The van der Waals surface area contributed by atoms with E-state index in [-0.39, 0.29) is 6.54 Å². The number of sulfonamides is 1. The Labute approximate surface area is 138 Å². The summed E-state index contributed by atoms with van der Waals surface area (Å²) in [7, 11) is -3.20. The molecule has 1 saturated heterocycles. The van der Waals surface area contributed by atoms with Crippen molar-refractivity contribution < 1.29 is 26.4 Å². The van der Waals surface area contributed by atoms with E-state index < -0.39 is 38.9 Å². The minimum Gasteiger partial charge on any atom is -0.351 e. The van der Waals surface area contributed by atoms with E-state index in [2.05, 4.69) is 5.32 Å². The van der Waals surface area contributed by atoms with Crippen molar-refractivity contribution in [1.29, 1.82) is 0 Å². The molecular formula is C14H18F3N3O3S. The maximum atomic E-state index is 13.5. The van der Waals surface area contributed by atoms with Crippen LogP contribution in [0.2, 0.25) is 0 Å². The van der Waals surface area contributed by atoms with E-state index in [9.17, 15) is 26.4 Å². The first kappa shape index (κ1) is 18.7. The fourth-order valence-corrected chi connectivity index (χ4v) is 3.24. The van der Waals surface area contributed by atoms with Crippen molar-refractivity contribution in [2.24, 2.45) is 0 Å². The number of hydrogen-bond acceptors (Lipinski definition) is 4. The zero-order valence-electron chi connectivity index (χ0n) is 13.1. The van der Waals surface area contributed by atoms with Crippen LogP contribution in [0.5, 0.6) is 0 Å². The molecule has 0 aromatic heterocycles. The van der Waals surface area contributed by atoms with E-state index in [0.29, 0.717) is 38.8 Å². The van der Waals surface area contributed by atoms with Gasteiger partial charge in [0.25, 0.3) is 5.91 Å². The normalized spacial score (nSPS) is 17.0. The van der Waals surface area contributed by atoms with Gasteiger partial charge in [0.05, 0.1) is 11.8 Å². The van der Waals surface area contributed by atoms with Crippen molar-refractivity contribution in [3.63, 3.8) is 0 Å². The van der Waals surface area contributed by atoms with Gasteiger partial charge in [0.2, 0.25) is 10.0 Å². The fraction of sp³-hybridized carbons (Fsp3) is 0.500. The number of hydrogen-bond donors (Lipinski definition) is 1. The molecule has 0 radical (unpaired) electrons. The first-order valence-corrected chi connectivity index (χ1v) is 9.14. The number of piperazine rings is 1. The predicted octanol–water partition coefficient (Wildman–Crippen LogP) is 0.411. The Morgan fingerprint density at radius 2 is 1.75 bits per heavy atom. The minimum absolute atomic E-state index is 0.177. The molecule has 134 valence electrons. The summed E-state index contributed by atoms with van der Waals surface area (Å²) in [6.07, 6.45) is 1.15. The summed E-state index contributed by atoms with van der Waals surface area (Å²) in [6, 6.07) is 1.58. The van der Waals surface area contributed by atoms with Gasteiger partial charge in [0.1, 0.15) is 0 Å². The summed E-state index contributed by atoms with van der Waals surface area (Å²) in [4.78, 5) is 13.8. The van der Waals surface area contributed by atoms with E-state index in [0.717, 1.165) is 12.3 Å². The highest BCUT2D eigenvalue weighted by atomic mass is 32.2. The van der Waals surface area contributed by atoms with Crippen LogP contribution in [-0.2, 0) is 10.0 Å². The molecular weight excluding hydrogens is 347 g/mol. The van der Waals surface area contributed by atoms with Gasteiger partial charge in [-0.15, -0.1) is 0 Å². The maximum absolute atomic E-state index is 13.5. The quantitative estimate of drug-likeness (QED) is 0.768. The van der Waals surface area contributed by atoms with Crippen LogP contribution in [0.3, 0.4) is 0 Å². The van der Waals surface area contributed by atoms with E-state index in [1.165, 1.54) is 4.31 Å². The van der Waals surface area contributed by atoms with Gasteiger partial charge in [0.15, 0.2) is 17.5 Å². The fourth-order valence-electron chi connectivity index (χ4n) is 2.41. The molecule has 0 spiro atoms. The highest BCUT2D eigenvalue weighted by Crippen LogP contribution is 2.15. The molecule has 0 atom stereocenters. The Morgan fingerprint density at radius 3 is 2.33 bits per heavy atom. The summed E-state index contributed by atoms with van der Waals surface area (Å²) in [5.74, 6) is -5.39. The lowest BCUT2D eigenvalue weighted by molar-refractivity contribution is 0.0939. The number of nitrogens with one attached hydrogen (secondary N) is 1. The highest BCUT2D eigenvalue weighted by Gasteiger charge is 2.23. The van der Waals surface area contributed by atoms with Crippen molar-refractivity contribution in [2.45, 2.75) is 0 Å². The molecule has 1 N–H and O–H groups in total. The lowest BCUT2D eigenvalue weighted by Gasteiger charge is -2.33. The molecule has 1 aromatic rings. The number of rotatable bonds is 5. The van der Waals surface area contributed by atoms with E-state index >= 15 is 0 Å². The Balaban J connectivity index is 1.81. The molecule has 1 fully saturated rings. The summed E-state index contributed by atoms with van der Waals surface area (Å²) < 4.78 is 63.6. The third-order valence-corrected chi connectivity index (χ3v) is 5.10.